The molecule has 16 heteroatoms. The van der Waals surface area contributed by atoms with Crippen LogP contribution in [0.3, 0.4) is 0 Å². The molecule has 0 amide bonds. The molecule has 1 rings (SSSR count). The van der Waals surface area contributed by atoms with Gasteiger partial charge in [0.25, 0.3) is 0 Å². The fourth-order valence-electron chi connectivity index (χ4n) is 3.72. The van der Waals surface area contributed by atoms with Crippen molar-refractivity contribution < 1.29 is 77.5 Å². The molecule has 0 aliphatic heterocycles. The average Bonchev–Trinajstić information content (AvgIpc) is 3.09. The molecule has 0 atom stereocenters. The van der Waals surface area contributed by atoms with Crippen LogP contribution in [0.25, 0.3) is 0 Å². The molecule has 0 unspecified atom stereocenters. The van der Waals surface area contributed by atoms with E-state index < -0.39 is 58.1 Å². The standard InChI is InChI=1S/C34H42O16/c1-5-23(3)49-47-19-17-43-29(35)13-9-7-11-15-45-33(41)27-21-26(32(39)40)28(22-25(27)31(37)38)34(42)46-16-12-8-10-14-30(36)44-18-20-48-50-24(4)6-2/h21-22H,1-2,7-20H2,3-4H3,(H,37,38)(H,39,40). The molecule has 0 aliphatic rings. The van der Waals surface area contributed by atoms with E-state index in [4.69, 9.17) is 38.5 Å². The maximum Gasteiger partial charge on any atom is 0.339 e. The number of unbranched alkanes of at least 4 members (excludes halogenated alkanes) is 4. The Hall–Kier alpha value is -5.40. The van der Waals surface area contributed by atoms with E-state index >= 15 is 0 Å². The zero-order valence-electron chi connectivity index (χ0n) is 28.1. The lowest BCUT2D eigenvalue weighted by molar-refractivity contribution is -0.266. The summed E-state index contributed by atoms with van der Waals surface area (Å²) in [7, 11) is 0. The minimum absolute atomic E-state index is 0.0105. The fourth-order valence-corrected chi connectivity index (χ4v) is 3.72. The van der Waals surface area contributed by atoms with Gasteiger partial charge in [-0.05, 0) is 50.7 Å². The molecular weight excluding hydrogens is 664 g/mol. The number of carboxylic acid groups (broad SMARTS) is 2. The van der Waals surface area contributed by atoms with E-state index in [1.54, 1.807) is 13.8 Å². The molecule has 0 radical (unpaired) electrons. The van der Waals surface area contributed by atoms with Crippen molar-refractivity contribution in [3.63, 3.8) is 0 Å². The lowest BCUT2D eigenvalue weighted by atomic mass is 9.98. The van der Waals surface area contributed by atoms with Gasteiger partial charge in [0, 0.05) is 26.7 Å². The van der Waals surface area contributed by atoms with Crippen LogP contribution in [-0.4, -0.2) is 85.7 Å². The smallest absolute Gasteiger partial charge is 0.339 e. The van der Waals surface area contributed by atoms with Crippen LogP contribution >= 0.6 is 0 Å². The third-order valence-corrected chi connectivity index (χ3v) is 6.30. The number of carbonyl (C=O) groups is 6. The number of aromatic carboxylic acids is 2. The van der Waals surface area contributed by atoms with E-state index in [1.807, 2.05) is 0 Å². The predicted molar refractivity (Wildman–Crippen MR) is 171 cm³/mol. The molecule has 0 aromatic heterocycles. The summed E-state index contributed by atoms with van der Waals surface area (Å²) >= 11 is 0. The second kappa shape index (κ2) is 24.7. The molecule has 2 N–H and O–H groups in total. The SMILES string of the molecule is C=C=C(C)OOCCOC(=O)CCCCCOC(=O)c1cc(C(=O)O)c(C(=O)OCCCCCC(=O)OCCOOC(C)=C=C)cc1C(=O)O. The number of hydrogen-bond donors (Lipinski definition) is 2. The van der Waals surface area contributed by atoms with Gasteiger partial charge < -0.3 is 38.9 Å². The number of esters is 4. The molecule has 0 bridgehead atoms. The van der Waals surface area contributed by atoms with Crippen molar-refractivity contribution in [3.8, 4) is 0 Å². The van der Waals surface area contributed by atoms with E-state index in [0.717, 1.165) is 12.1 Å². The molecule has 1 aromatic rings. The van der Waals surface area contributed by atoms with Gasteiger partial charge in [-0.3, -0.25) is 9.59 Å². The Morgan fingerprint density at radius 2 is 0.920 bits per heavy atom. The average molecular weight is 707 g/mol. The monoisotopic (exact) mass is 706 g/mol. The van der Waals surface area contributed by atoms with Gasteiger partial charge in [0.2, 0.25) is 0 Å². The minimum atomic E-state index is -1.60. The summed E-state index contributed by atoms with van der Waals surface area (Å²) in [6, 6.07) is 1.51. The van der Waals surface area contributed by atoms with E-state index in [1.165, 1.54) is 0 Å². The Kier molecular flexibility index (Phi) is 21.1. The van der Waals surface area contributed by atoms with Gasteiger partial charge in [0.1, 0.15) is 26.4 Å². The highest BCUT2D eigenvalue weighted by molar-refractivity contribution is 6.09. The van der Waals surface area contributed by atoms with Crippen LogP contribution in [0.15, 0.2) is 48.3 Å². The van der Waals surface area contributed by atoms with Gasteiger partial charge in [-0.25, -0.2) is 19.2 Å². The van der Waals surface area contributed by atoms with Gasteiger partial charge in [-0.15, -0.1) is 0 Å². The van der Waals surface area contributed by atoms with Crippen LogP contribution in [0.4, 0.5) is 0 Å². The largest absolute Gasteiger partial charge is 0.478 e. The van der Waals surface area contributed by atoms with Crippen molar-refractivity contribution in [1.29, 1.82) is 0 Å². The van der Waals surface area contributed by atoms with Crippen molar-refractivity contribution in [2.24, 2.45) is 0 Å². The Balaban J connectivity index is 2.52. The van der Waals surface area contributed by atoms with Gasteiger partial charge in [-0.2, -0.15) is 9.78 Å². The highest BCUT2D eigenvalue weighted by atomic mass is 17.2. The molecule has 0 heterocycles. The molecular formula is C34H42O16. The normalized spacial score (nSPS) is 10.1. The maximum absolute atomic E-state index is 12.7. The molecule has 16 nitrogen and oxygen atoms in total. The summed E-state index contributed by atoms with van der Waals surface area (Å²) < 4.78 is 20.2. The number of ether oxygens (including phenoxy) is 4. The van der Waals surface area contributed by atoms with Crippen molar-refractivity contribution in [3.05, 3.63) is 70.5 Å². The summed E-state index contributed by atoms with van der Waals surface area (Å²) in [5.41, 5.74) is 2.51. The molecule has 1 aromatic carbocycles. The fraction of sp³-hybridized carbons (Fsp3) is 0.471. The highest BCUT2D eigenvalue weighted by Gasteiger charge is 2.27. The van der Waals surface area contributed by atoms with Crippen LogP contribution in [-0.2, 0) is 48.1 Å². The molecule has 0 spiro atoms. The van der Waals surface area contributed by atoms with Crippen LogP contribution < -0.4 is 0 Å². The third kappa shape index (κ3) is 17.7. The van der Waals surface area contributed by atoms with Crippen LogP contribution in [0.1, 0.15) is 107 Å². The van der Waals surface area contributed by atoms with E-state index in [2.05, 4.69) is 24.6 Å². The van der Waals surface area contributed by atoms with Gasteiger partial charge in [0.15, 0.2) is 11.5 Å². The maximum atomic E-state index is 12.7. The summed E-state index contributed by atoms with van der Waals surface area (Å²) in [5, 5.41) is 19.3. The van der Waals surface area contributed by atoms with Crippen LogP contribution in [0.5, 0.6) is 0 Å². The summed E-state index contributed by atoms with van der Waals surface area (Å²) in [6.45, 7) is 9.60. The molecule has 0 saturated heterocycles. The van der Waals surface area contributed by atoms with Crippen molar-refractivity contribution in [2.45, 2.75) is 65.2 Å². The van der Waals surface area contributed by atoms with Gasteiger partial charge in [-0.1, -0.05) is 24.6 Å². The third-order valence-electron chi connectivity index (χ3n) is 6.30. The Labute approximate surface area is 288 Å². The summed E-state index contributed by atoms with van der Waals surface area (Å²) in [4.78, 5) is 91.9. The first-order chi connectivity index (χ1) is 23.9. The first-order valence-electron chi connectivity index (χ1n) is 15.5. The second-order valence-electron chi connectivity index (χ2n) is 10.2. The van der Waals surface area contributed by atoms with Gasteiger partial charge >= 0.3 is 35.8 Å². The number of benzene rings is 1. The number of allylic oxidation sites excluding steroid dienone is 2. The molecule has 50 heavy (non-hydrogen) atoms. The quantitative estimate of drug-likeness (QED) is 0.0250. The number of rotatable bonds is 26. The Bertz CT molecular complexity index is 1320. The second-order valence-corrected chi connectivity index (χ2v) is 10.2. The number of carbonyl (C=O) groups excluding carboxylic acids is 4. The molecule has 274 valence electrons. The van der Waals surface area contributed by atoms with Crippen molar-refractivity contribution >= 4 is 35.8 Å². The van der Waals surface area contributed by atoms with Crippen LogP contribution in [0, 0.1) is 0 Å². The van der Waals surface area contributed by atoms with E-state index in [-0.39, 0.29) is 52.5 Å². The summed E-state index contributed by atoms with van der Waals surface area (Å²) in [6.07, 6.45) is 2.60. The Morgan fingerprint density at radius 3 is 1.26 bits per heavy atom. The minimum Gasteiger partial charge on any atom is -0.478 e. The highest BCUT2D eigenvalue weighted by Crippen LogP contribution is 2.21. The number of hydrogen-bond acceptors (Lipinski definition) is 14. The first-order valence-corrected chi connectivity index (χ1v) is 15.5. The molecule has 0 aliphatic carbocycles. The van der Waals surface area contributed by atoms with E-state index in [0.29, 0.717) is 50.0 Å². The zero-order valence-corrected chi connectivity index (χ0v) is 28.1. The lowest BCUT2D eigenvalue weighted by Crippen LogP contribution is -2.19. The van der Waals surface area contributed by atoms with Crippen LogP contribution in [0.2, 0.25) is 0 Å². The van der Waals surface area contributed by atoms with Gasteiger partial charge in [0.05, 0.1) is 35.5 Å². The predicted octanol–water partition coefficient (Wildman–Crippen LogP) is 4.88. The van der Waals surface area contributed by atoms with E-state index in [9.17, 15) is 39.0 Å². The molecule has 0 fully saturated rings. The zero-order chi connectivity index (χ0) is 37.3. The summed E-state index contributed by atoms with van der Waals surface area (Å²) in [5.74, 6) is -5.67. The van der Waals surface area contributed by atoms with Crippen molar-refractivity contribution in [2.75, 3.05) is 39.6 Å². The number of carboxylic acids is 2. The Morgan fingerprint density at radius 1 is 0.540 bits per heavy atom. The topological polar surface area (TPSA) is 217 Å². The van der Waals surface area contributed by atoms with Crippen molar-refractivity contribution in [1.82, 2.24) is 0 Å². The lowest BCUT2D eigenvalue weighted by Gasteiger charge is -2.12. The first kappa shape index (κ1) is 42.6. The molecule has 0 saturated carbocycles.